The molecule has 1 aromatic carbocycles. The molecule has 0 heterocycles. The Morgan fingerprint density at radius 2 is 2.11 bits per heavy atom. The van der Waals surface area contributed by atoms with Gasteiger partial charge < -0.3 is 5.32 Å². The number of carbonyl (C=O) groups excluding carboxylic acids is 1. The highest BCUT2D eigenvalue weighted by molar-refractivity contribution is 6.31. The summed E-state index contributed by atoms with van der Waals surface area (Å²) in [5, 5.41) is 3.49. The molecule has 0 bridgehead atoms. The van der Waals surface area contributed by atoms with Gasteiger partial charge in [0.05, 0.1) is 0 Å². The van der Waals surface area contributed by atoms with Gasteiger partial charge in [-0.1, -0.05) is 18.5 Å². The van der Waals surface area contributed by atoms with Crippen molar-refractivity contribution in [2.45, 2.75) is 26.7 Å². The van der Waals surface area contributed by atoms with E-state index in [0.29, 0.717) is 28.9 Å². The quantitative estimate of drug-likeness (QED) is 0.621. The molecule has 0 radical (unpaired) electrons. The minimum absolute atomic E-state index is 0.0703. The van der Waals surface area contributed by atoms with Crippen LogP contribution in [0.25, 0.3) is 0 Å². The summed E-state index contributed by atoms with van der Waals surface area (Å²) in [5.41, 5.74) is 1.61. The summed E-state index contributed by atoms with van der Waals surface area (Å²) < 4.78 is 0. The van der Waals surface area contributed by atoms with Crippen LogP contribution in [0.15, 0.2) is 18.2 Å². The predicted molar refractivity (Wildman–Crippen MR) is 77.6 cm³/mol. The standard InChI is InChI=1S/C14H19Cl2NO/c1-10(9-15)4-3-5-17-14(18)12-6-11(2)7-13(16)8-12/h6-8,10H,3-5,9H2,1-2H3,(H,17,18). The number of hydrogen-bond donors (Lipinski definition) is 1. The summed E-state index contributed by atoms with van der Waals surface area (Å²) in [6.07, 6.45) is 1.97. The van der Waals surface area contributed by atoms with Crippen LogP contribution in [-0.4, -0.2) is 18.3 Å². The molecular formula is C14H19Cl2NO. The zero-order valence-electron chi connectivity index (χ0n) is 10.8. The van der Waals surface area contributed by atoms with Crippen molar-refractivity contribution in [1.82, 2.24) is 5.32 Å². The first-order valence-electron chi connectivity index (χ1n) is 6.14. The third-order valence-corrected chi connectivity index (χ3v) is 3.47. The van der Waals surface area contributed by atoms with Crippen molar-refractivity contribution in [1.29, 1.82) is 0 Å². The van der Waals surface area contributed by atoms with Gasteiger partial charge in [-0.15, -0.1) is 11.6 Å². The van der Waals surface area contributed by atoms with Gasteiger partial charge in [0.15, 0.2) is 0 Å². The Morgan fingerprint density at radius 3 is 2.72 bits per heavy atom. The number of rotatable bonds is 6. The lowest BCUT2D eigenvalue weighted by Gasteiger charge is -2.09. The van der Waals surface area contributed by atoms with E-state index in [1.807, 2.05) is 19.1 Å². The van der Waals surface area contributed by atoms with Gasteiger partial charge in [0.2, 0.25) is 0 Å². The van der Waals surface area contributed by atoms with E-state index < -0.39 is 0 Å². The lowest BCUT2D eigenvalue weighted by atomic mass is 10.1. The van der Waals surface area contributed by atoms with E-state index in [1.54, 1.807) is 6.07 Å². The van der Waals surface area contributed by atoms with Crippen LogP contribution in [0.2, 0.25) is 5.02 Å². The van der Waals surface area contributed by atoms with E-state index in [-0.39, 0.29) is 5.91 Å². The lowest BCUT2D eigenvalue weighted by Crippen LogP contribution is -2.24. The zero-order chi connectivity index (χ0) is 13.5. The van der Waals surface area contributed by atoms with Gasteiger partial charge in [0.25, 0.3) is 5.91 Å². The van der Waals surface area contributed by atoms with Crippen molar-refractivity contribution >= 4 is 29.1 Å². The van der Waals surface area contributed by atoms with Crippen LogP contribution in [-0.2, 0) is 0 Å². The summed E-state index contributed by atoms with van der Waals surface area (Å²) in [7, 11) is 0. The molecule has 4 heteroatoms. The van der Waals surface area contributed by atoms with E-state index >= 15 is 0 Å². The Morgan fingerprint density at radius 1 is 1.39 bits per heavy atom. The summed E-state index contributed by atoms with van der Waals surface area (Å²) >= 11 is 11.6. The molecule has 1 N–H and O–H groups in total. The van der Waals surface area contributed by atoms with Gasteiger partial charge in [0.1, 0.15) is 0 Å². The highest BCUT2D eigenvalue weighted by Gasteiger charge is 2.07. The Hall–Kier alpha value is -0.730. The maximum Gasteiger partial charge on any atom is 0.251 e. The first-order valence-corrected chi connectivity index (χ1v) is 7.05. The fourth-order valence-electron chi connectivity index (χ4n) is 1.70. The summed E-state index contributed by atoms with van der Waals surface area (Å²) in [4.78, 5) is 11.9. The van der Waals surface area contributed by atoms with Crippen molar-refractivity contribution in [3.8, 4) is 0 Å². The maximum absolute atomic E-state index is 11.9. The molecule has 0 saturated heterocycles. The van der Waals surface area contributed by atoms with Crippen LogP contribution in [0.1, 0.15) is 35.7 Å². The molecule has 1 rings (SSSR count). The molecule has 0 spiro atoms. The minimum atomic E-state index is -0.0703. The number of halogens is 2. The average Bonchev–Trinajstić information content (AvgIpc) is 2.32. The molecule has 0 aromatic heterocycles. The molecular weight excluding hydrogens is 269 g/mol. The number of alkyl halides is 1. The highest BCUT2D eigenvalue weighted by Crippen LogP contribution is 2.14. The average molecular weight is 288 g/mol. The first-order chi connectivity index (χ1) is 8.52. The maximum atomic E-state index is 11.9. The molecule has 0 aliphatic rings. The van der Waals surface area contributed by atoms with Gasteiger partial charge in [-0.3, -0.25) is 4.79 Å². The second-order valence-electron chi connectivity index (χ2n) is 4.67. The molecule has 0 aliphatic carbocycles. The van der Waals surface area contributed by atoms with E-state index in [2.05, 4.69) is 12.2 Å². The largest absolute Gasteiger partial charge is 0.352 e. The molecule has 2 nitrogen and oxygen atoms in total. The van der Waals surface area contributed by atoms with E-state index in [9.17, 15) is 4.79 Å². The molecule has 1 unspecified atom stereocenters. The Bertz CT molecular complexity index is 387. The van der Waals surface area contributed by atoms with Crippen molar-refractivity contribution in [2.75, 3.05) is 12.4 Å². The van der Waals surface area contributed by atoms with Crippen LogP contribution in [0, 0.1) is 12.8 Å². The molecule has 1 aromatic rings. The molecule has 0 fully saturated rings. The monoisotopic (exact) mass is 287 g/mol. The second kappa shape index (κ2) is 7.65. The number of aryl methyl sites for hydroxylation is 1. The van der Waals surface area contributed by atoms with Gasteiger partial charge in [-0.05, 0) is 49.4 Å². The Kier molecular flexibility index (Phi) is 6.51. The SMILES string of the molecule is Cc1cc(Cl)cc(C(=O)NCCCC(C)CCl)c1. The van der Waals surface area contributed by atoms with Crippen LogP contribution in [0.3, 0.4) is 0 Å². The summed E-state index contributed by atoms with van der Waals surface area (Å²) in [5.74, 6) is 1.10. The normalized spacial score (nSPS) is 12.2. The van der Waals surface area contributed by atoms with Crippen LogP contribution in [0.4, 0.5) is 0 Å². The van der Waals surface area contributed by atoms with Crippen molar-refractivity contribution in [3.63, 3.8) is 0 Å². The van der Waals surface area contributed by atoms with Gasteiger partial charge in [-0.25, -0.2) is 0 Å². The topological polar surface area (TPSA) is 29.1 Å². The predicted octanol–water partition coefficient (Wildman–Crippen LogP) is 4.03. The van der Waals surface area contributed by atoms with Gasteiger partial charge >= 0.3 is 0 Å². The molecule has 1 atom stereocenters. The summed E-state index contributed by atoms with van der Waals surface area (Å²) in [6.45, 7) is 4.70. The van der Waals surface area contributed by atoms with Crippen LogP contribution < -0.4 is 5.32 Å². The van der Waals surface area contributed by atoms with E-state index in [0.717, 1.165) is 18.4 Å². The number of amides is 1. The third kappa shape index (κ3) is 5.28. The number of hydrogen-bond acceptors (Lipinski definition) is 1. The minimum Gasteiger partial charge on any atom is -0.352 e. The van der Waals surface area contributed by atoms with Crippen molar-refractivity contribution in [2.24, 2.45) is 5.92 Å². The molecule has 18 heavy (non-hydrogen) atoms. The van der Waals surface area contributed by atoms with Gasteiger partial charge in [0, 0.05) is 23.0 Å². The van der Waals surface area contributed by atoms with Crippen LogP contribution >= 0.6 is 23.2 Å². The number of benzene rings is 1. The fourth-order valence-corrected chi connectivity index (χ4v) is 2.14. The zero-order valence-corrected chi connectivity index (χ0v) is 12.3. The second-order valence-corrected chi connectivity index (χ2v) is 5.42. The fraction of sp³-hybridized carbons (Fsp3) is 0.500. The van der Waals surface area contributed by atoms with Gasteiger partial charge in [-0.2, -0.15) is 0 Å². The number of nitrogens with one attached hydrogen (secondary N) is 1. The van der Waals surface area contributed by atoms with E-state index in [1.165, 1.54) is 0 Å². The number of carbonyl (C=O) groups is 1. The third-order valence-electron chi connectivity index (χ3n) is 2.73. The van der Waals surface area contributed by atoms with E-state index in [4.69, 9.17) is 23.2 Å². The molecule has 0 saturated carbocycles. The van der Waals surface area contributed by atoms with Crippen LogP contribution in [0.5, 0.6) is 0 Å². The smallest absolute Gasteiger partial charge is 0.251 e. The molecule has 1 amide bonds. The Labute approximate surface area is 119 Å². The summed E-state index contributed by atoms with van der Waals surface area (Å²) in [6, 6.07) is 5.36. The lowest BCUT2D eigenvalue weighted by molar-refractivity contribution is 0.0952. The van der Waals surface area contributed by atoms with Crippen molar-refractivity contribution < 1.29 is 4.79 Å². The Balaban J connectivity index is 2.41. The highest BCUT2D eigenvalue weighted by atomic mass is 35.5. The van der Waals surface area contributed by atoms with Crippen molar-refractivity contribution in [3.05, 3.63) is 34.3 Å². The molecule has 0 aliphatic heterocycles. The molecule has 100 valence electrons. The first kappa shape index (κ1) is 15.3.